The standard InChI is InChI=1S/C25H27FN4O3/c1-33-23-5-4-17(26)11-20(23)19-6-8-27-25-21(19)12-22(28-25)16-3-2-9-29(10-7-16)15-24(32)30-13-18(31)14-30/h3-6,8,11-12,18,31H,2,7,9-10,13-15H2,1H3,(H,27,28). The minimum absolute atomic E-state index is 0.0762. The molecule has 1 saturated heterocycles. The van der Waals surface area contributed by atoms with Crippen LogP contribution in [0.25, 0.3) is 27.7 Å². The Morgan fingerprint density at radius 3 is 2.88 bits per heavy atom. The molecule has 5 rings (SSSR count). The second-order valence-electron chi connectivity index (χ2n) is 8.65. The molecule has 3 aromatic rings. The number of fused-ring (bicyclic) bond motifs is 1. The number of nitrogens with zero attached hydrogens (tertiary/aromatic N) is 3. The van der Waals surface area contributed by atoms with Gasteiger partial charge in [-0.25, -0.2) is 9.37 Å². The second-order valence-corrected chi connectivity index (χ2v) is 8.65. The van der Waals surface area contributed by atoms with Gasteiger partial charge in [-0.2, -0.15) is 0 Å². The van der Waals surface area contributed by atoms with Gasteiger partial charge in [-0.15, -0.1) is 0 Å². The van der Waals surface area contributed by atoms with Crippen molar-refractivity contribution in [1.82, 2.24) is 19.8 Å². The van der Waals surface area contributed by atoms with Gasteiger partial charge in [-0.05, 0) is 54.3 Å². The third-order valence-corrected chi connectivity index (χ3v) is 6.44. The molecule has 4 heterocycles. The number of nitrogens with one attached hydrogen (secondary N) is 1. The number of aromatic amines is 1. The number of halogens is 1. The lowest BCUT2D eigenvalue weighted by Gasteiger charge is -2.37. The number of amides is 1. The van der Waals surface area contributed by atoms with E-state index in [1.54, 1.807) is 24.3 Å². The highest BCUT2D eigenvalue weighted by Crippen LogP contribution is 2.36. The summed E-state index contributed by atoms with van der Waals surface area (Å²) in [6.07, 6.45) is 5.20. The monoisotopic (exact) mass is 450 g/mol. The van der Waals surface area contributed by atoms with Gasteiger partial charge in [0.1, 0.15) is 17.2 Å². The molecule has 2 aliphatic rings. The van der Waals surface area contributed by atoms with Gasteiger partial charge in [0.05, 0.1) is 19.8 Å². The number of hydrogen-bond donors (Lipinski definition) is 2. The number of aromatic nitrogens is 2. The fraction of sp³-hybridized carbons (Fsp3) is 0.360. The Morgan fingerprint density at radius 2 is 2.09 bits per heavy atom. The molecule has 0 atom stereocenters. The number of benzene rings is 1. The quantitative estimate of drug-likeness (QED) is 0.625. The molecule has 33 heavy (non-hydrogen) atoms. The Hall–Kier alpha value is -3.23. The predicted molar refractivity (Wildman–Crippen MR) is 124 cm³/mol. The molecule has 1 aromatic carbocycles. The molecule has 7 nitrogen and oxygen atoms in total. The number of H-pyrrole nitrogens is 1. The van der Waals surface area contributed by atoms with Gasteiger partial charge in [0, 0.05) is 49.0 Å². The van der Waals surface area contributed by atoms with E-state index >= 15 is 0 Å². The largest absolute Gasteiger partial charge is 0.496 e. The van der Waals surface area contributed by atoms with Crippen molar-refractivity contribution >= 4 is 22.5 Å². The summed E-state index contributed by atoms with van der Waals surface area (Å²) in [7, 11) is 1.58. The van der Waals surface area contributed by atoms with Crippen molar-refractivity contribution in [2.75, 3.05) is 39.8 Å². The van der Waals surface area contributed by atoms with E-state index in [4.69, 9.17) is 4.74 Å². The number of β-amino-alcohol motifs (C(OH)–C–C–N with tert-alkyl or cyclic N) is 1. The number of ether oxygens (including phenoxy) is 1. The fourth-order valence-electron chi connectivity index (χ4n) is 4.59. The Kier molecular flexibility index (Phi) is 5.86. The van der Waals surface area contributed by atoms with Crippen LogP contribution in [0.15, 0.2) is 42.6 Å². The van der Waals surface area contributed by atoms with Crippen LogP contribution < -0.4 is 4.74 Å². The average Bonchev–Trinajstić information content (AvgIpc) is 3.09. The number of aliphatic hydroxyl groups is 1. The lowest BCUT2D eigenvalue weighted by molar-refractivity contribution is -0.142. The summed E-state index contributed by atoms with van der Waals surface area (Å²) in [4.78, 5) is 24.1. The van der Waals surface area contributed by atoms with Crippen molar-refractivity contribution in [3.8, 4) is 16.9 Å². The Morgan fingerprint density at radius 1 is 1.24 bits per heavy atom. The smallest absolute Gasteiger partial charge is 0.236 e. The van der Waals surface area contributed by atoms with Crippen molar-refractivity contribution in [1.29, 1.82) is 0 Å². The van der Waals surface area contributed by atoms with E-state index in [0.29, 0.717) is 30.9 Å². The lowest BCUT2D eigenvalue weighted by atomic mass is 10.0. The Labute approximate surface area is 191 Å². The van der Waals surface area contributed by atoms with Gasteiger partial charge in [-0.1, -0.05) is 6.08 Å². The first kappa shape index (κ1) is 21.6. The van der Waals surface area contributed by atoms with Crippen molar-refractivity contribution < 1.29 is 19.0 Å². The number of rotatable bonds is 5. The molecule has 1 fully saturated rings. The SMILES string of the molecule is COc1ccc(F)cc1-c1ccnc2[nH]c(C3=CCCN(CC(=O)N4CC(O)C4)CC3)cc12. The van der Waals surface area contributed by atoms with Crippen molar-refractivity contribution in [3.63, 3.8) is 0 Å². The summed E-state index contributed by atoms with van der Waals surface area (Å²) < 4.78 is 19.5. The summed E-state index contributed by atoms with van der Waals surface area (Å²) in [6, 6.07) is 8.45. The molecule has 0 unspecified atom stereocenters. The van der Waals surface area contributed by atoms with Crippen LogP contribution in [0.5, 0.6) is 5.75 Å². The van der Waals surface area contributed by atoms with Crippen LogP contribution in [0.2, 0.25) is 0 Å². The zero-order valence-electron chi connectivity index (χ0n) is 18.6. The molecule has 0 spiro atoms. The Balaban J connectivity index is 1.36. The molecule has 8 heteroatoms. The number of carbonyl (C=O) groups excluding carboxylic acids is 1. The minimum atomic E-state index is -0.376. The van der Waals surface area contributed by atoms with Crippen molar-refractivity contribution in [2.45, 2.75) is 18.9 Å². The van der Waals surface area contributed by atoms with Crippen LogP contribution in [0.3, 0.4) is 0 Å². The fourth-order valence-corrected chi connectivity index (χ4v) is 4.59. The highest BCUT2D eigenvalue weighted by atomic mass is 19.1. The molecule has 0 aliphatic carbocycles. The van der Waals surface area contributed by atoms with Crippen LogP contribution >= 0.6 is 0 Å². The Bertz CT molecular complexity index is 1220. The van der Waals surface area contributed by atoms with Gasteiger partial charge in [0.25, 0.3) is 0 Å². The van der Waals surface area contributed by atoms with E-state index in [2.05, 4.69) is 27.0 Å². The number of likely N-dealkylation sites (tertiary alicyclic amines) is 1. The van der Waals surface area contributed by atoms with Gasteiger partial charge in [-0.3, -0.25) is 9.69 Å². The van der Waals surface area contributed by atoms with E-state index in [1.807, 2.05) is 6.07 Å². The molecule has 0 saturated carbocycles. The highest BCUT2D eigenvalue weighted by molar-refractivity contribution is 5.96. The molecule has 0 bridgehead atoms. The molecule has 1 amide bonds. The molecule has 2 N–H and O–H groups in total. The molecule has 0 radical (unpaired) electrons. The van der Waals surface area contributed by atoms with Crippen molar-refractivity contribution in [2.24, 2.45) is 0 Å². The molecule has 2 aromatic heterocycles. The van der Waals surface area contributed by atoms with Crippen LogP contribution in [0.4, 0.5) is 4.39 Å². The first-order valence-electron chi connectivity index (χ1n) is 11.2. The van der Waals surface area contributed by atoms with Crippen LogP contribution in [0.1, 0.15) is 18.5 Å². The second kappa shape index (κ2) is 8.96. The van der Waals surface area contributed by atoms with E-state index in [-0.39, 0.29) is 17.8 Å². The zero-order chi connectivity index (χ0) is 22.9. The van der Waals surface area contributed by atoms with Crippen LogP contribution in [0, 0.1) is 5.82 Å². The maximum absolute atomic E-state index is 14.0. The number of pyridine rings is 1. The summed E-state index contributed by atoms with van der Waals surface area (Å²) in [5.41, 5.74) is 4.45. The third kappa shape index (κ3) is 4.36. The number of methoxy groups -OCH3 is 1. The normalized spacial score (nSPS) is 17.5. The summed E-state index contributed by atoms with van der Waals surface area (Å²) in [5.74, 6) is 0.364. The topological polar surface area (TPSA) is 81.7 Å². The molecular weight excluding hydrogens is 423 g/mol. The van der Waals surface area contributed by atoms with E-state index in [0.717, 1.165) is 48.2 Å². The zero-order valence-corrected chi connectivity index (χ0v) is 18.6. The minimum Gasteiger partial charge on any atom is -0.496 e. The molecule has 172 valence electrons. The molecule has 2 aliphatic heterocycles. The first-order valence-corrected chi connectivity index (χ1v) is 11.2. The first-order chi connectivity index (χ1) is 16.0. The van der Waals surface area contributed by atoms with E-state index in [9.17, 15) is 14.3 Å². The maximum Gasteiger partial charge on any atom is 0.236 e. The maximum atomic E-state index is 14.0. The van der Waals surface area contributed by atoms with Gasteiger partial charge in [0.2, 0.25) is 5.91 Å². The summed E-state index contributed by atoms with van der Waals surface area (Å²) >= 11 is 0. The number of aliphatic hydroxyl groups excluding tert-OH is 1. The number of carbonyl (C=O) groups is 1. The van der Waals surface area contributed by atoms with Crippen molar-refractivity contribution in [3.05, 3.63) is 54.1 Å². The van der Waals surface area contributed by atoms with Gasteiger partial charge in [0.15, 0.2) is 0 Å². The summed E-state index contributed by atoms with van der Waals surface area (Å²) in [5, 5.41) is 10.3. The predicted octanol–water partition coefficient (Wildman–Crippen LogP) is 3.06. The summed E-state index contributed by atoms with van der Waals surface area (Å²) in [6.45, 7) is 2.86. The lowest BCUT2D eigenvalue weighted by Crippen LogP contribution is -2.56. The van der Waals surface area contributed by atoms with E-state index < -0.39 is 0 Å². The van der Waals surface area contributed by atoms with Gasteiger partial charge >= 0.3 is 0 Å². The highest BCUT2D eigenvalue weighted by Gasteiger charge is 2.29. The van der Waals surface area contributed by atoms with E-state index in [1.165, 1.54) is 17.7 Å². The van der Waals surface area contributed by atoms with Gasteiger partial charge < -0.3 is 19.7 Å². The van der Waals surface area contributed by atoms with Crippen LogP contribution in [-0.2, 0) is 4.79 Å². The third-order valence-electron chi connectivity index (χ3n) is 6.44. The molecular formula is C25H27FN4O3. The number of hydrogen-bond acceptors (Lipinski definition) is 5. The average molecular weight is 451 g/mol. The van der Waals surface area contributed by atoms with Crippen LogP contribution in [-0.4, -0.2) is 76.7 Å².